The van der Waals surface area contributed by atoms with E-state index in [9.17, 15) is 19.2 Å². The number of hydrogen-bond donors (Lipinski definition) is 1. The molecule has 3 aromatic rings. The van der Waals surface area contributed by atoms with Crippen LogP contribution in [0, 0.1) is 0 Å². The first-order valence-corrected chi connectivity index (χ1v) is 13.3. The lowest BCUT2D eigenvalue weighted by molar-refractivity contribution is -0.150. The third-order valence-corrected chi connectivity index (χ3v) is 8.21. The summed E-state index contributed by atoms with van der Waals surface area (Å²) in [6, 6.07) is 11.2. The largest absolute Gasteiger partial charge is 0.360 e. The van der Waals surface area contributed by atoms with E-state index < -0.39 is 23.8 Å². The van der Waals surface area contributed by atoms with Gasteiger partial charge in [-0.25, -0.2) is 4.98 Å². The molecule has 3 aliphatic rings. The molecule has 1 atom stereocenters. The Balaban J connectivity index is 1.22. The van der Waals surface area contributed by atoms with Crippen LogP contribution in [0.4, 0.5) is 0 Å². The molecular formula is C25H21N5O4S2. The first kappa shape index (κ1) is 22.7. The van der Waals surface area contributed by atoms with Gasteiger partial charge in [-0.1, -0.05) is 24.3 Å². The number of imide groups is 2. The molecule has 36 heavy (non-hydrogen) atoms. The number of carbonyl (C=O) groups excluding carboxylic acids is 4. The summed E-state index contributed by atoms with van der Waals surface area (Å²) in [7, 11) is 0. The Morgan fingerprint density at radius 2 is 1.89 bits per heavy atom. The van der Waals surface area contributed by atoms with Crippen molar-refractivity contribution in [3.05, 3.63) is 58.1 Å². The van der Waals surface area contributed by atoms with E-state index in [-0.39, 0.29) is 18.7 Å². The van der Waals surface area contributed by atoms with Crippen molar-refractivity contribution >= 4 is 46.5 Å². The average molecular weight is 520 g/mol. The number of benzene rings is 1. The SMILES string of the molecule is O=C1CCC(N2C(=O)C3=C(C2=O)N(Cc2nc(-c4cccc(-c5cccs5)c4)ns2)CCC3)C(=O)N1. The standard InChI is InChI=1S/C25H21N5O4S2/c31-19-9-8-17(23(32)26-19)30-24(33)16-6-2-10-29(21(16)25(30)34)13-20-27-22(28-36-20)15-5-1-4-14(12-15)18-7-3-11-35-18/h1,3-5,7,11-12,17H,2,6,8-10,13H2,(H,26,31,32). The number of piperidine rings is 1. The molecule has 1 saturated heterocycles. The van der Waals surface area contributed by atoms with Gasteiger partial charge in [0.05, 0.1) is 6.54 Å². The lowest BCUT2D eigenvalue weighted by Gasteiger charge is -2.30. The van der Waals surface area contributed by atoms with Crippen LogP contribution in [0.3, 0.4) is 0 Å². The summed E-state index contributed by atoms with van der Waals surface area (Å²) in [6.45, 7) is 0.952. The maximum absolute atomic E-state index is 13.4. The molecule has 0 aliphatic carbocycles. The van der Waals surface area contributed by atoms with Crippen LogP contribution < -0.4 is 5.32 Å². The van der Waals surface area contributed by atoms with Crippen molar-refractivity contribution in [3.63, 3.8) is 0 Å². The maximum atomic E-state index is 13.4. The summed E-state index contributed by atoms with van der Waals surface area (Å²) in [5.41, 5.74) is 2.79. The van der Waals surface area contributed by atoms with Gasteiger partial charge in [0.25, 0.3) is 11.8 Å². The minimum absolute atomic E-state index is 0.100. The predicted octanol–water partition coefficient (Wildman–Crippen LogP) is 2.96. The fourth-order valence-electron chi connectivity index (χ4n) is 4.92. The van der Waals surface area contributed by atoms with E-state index in [0.717, 1.165) is 27.5 Å². The molecular weight excluding hydrogens is 498 g/mol. The topological polar surface area (TPSA) is 113 Å². The highest BCUT2D eigenvalue weighted by Gasteiger charge is 2.48. The summed E-state index contributed by atoms with van der Waals surface area (Å²) in [6.07, 6.45) is 1.45. The first-order valence-electron chi connectivity index (χ1n) is 11.7. The smallest absolute Gasteiger partial charge is 0.278 e. The van der Waals surface area contributed by atoms with Crippen molar-refractivity contribution < 1.29 is 19.2 Å². The van der Waals surface area contributed by atoms with E-state index in [0.29, 0.717) is 36.6 Å². The molecule has 6 rings (SSSR count). The summed E-state index contributed by atoms with van der Waals surface area (Å²) >= 11 is 2.95. The quantitative estimate of drug-likeness (QED) is 0.516. The molecule has 2 aromatic heterocycles. The van der Waals surface area contributed by atoms with Gasteiger partial charge in [0.15, 0.2) is 5.82 Å². The number of nitrogens with zero attached hydrogens (tertiary/aromatic N) is 4. The minimum Gasteiger partial charge on any atom is -0.360 e. The average Bonchev–Trinajstić information content (AvgIpc) is 3.62. The zero-order chi connectivity index (χ0) is 24.8. The fourth-order valence-corrected chi connectivity index (χ4v) is 6.32. The Morgan fingerprint density at radius 3 is 2.69 bits per heavy atom. The third kappa shape index (κ3) is 3.94. The van der Waals surface area contributed by atoms with Crippen LogP contribution in [0.2, 0.25) is 0 Å². The number of hydrogen-bond acceptors (Lipinski definition) is 9. The van der Waals surface area contributed by atoms with E-state index in [1.54, 1.807) is 11.3 Å². The number of amides is 4. The van der Waals surface area contributed by atoms with E-state index in [4.69, 9.17) is 4.98 Å². The molecule has 4 amide bonds. The Bertz CT molecular complexity index is 1430. The van der Waals surface area contributed by atoms with Gasteiger partial charge in [0.1, 0.15) is 16.7 Å². The highest BCUT2D eigenvalue weighted by molar-refractivity contribution is 7.13. The lowest BCUT2D eigenvalue weighted by Crippen LogP contribution is -2.55. The fraction of sp³-hybridized carbons (Fsp3) is 0.280. The molecule has 1 aromatic carbocycles. The number of thiophene rings is 1. The van der Waals surface area contributed by atoms with Crippen molar-refractivity contribution in [1.29, 1.82) is 0 Å². The summed E-state index contributed by atoms with van der Waals surface area (Å²) < 4.78 is 4.54. The van der Waals surface area contributed by atoms with E-state index in [1.165, 1.54) is 16.4 Å². The molecule has 9 nitrogen and oxygen atoms in total. The lowest BCUT2D eigenvalue weighted by atomic mass is 10.0. The van der Waals surface area contributed by atoms with Gasteiger partial charge in [0.2, 0.25) is 11.8 Å². The van der Waals surface area contributed by atoms with Gasteiger partial charge < -0.3 is 4.90 Å². The number of nitrogens with one attached hydrogen (secondary N) is 1. The second kappa shape index (κ2) is 9.07. The molecule has 0 bridgehead atoms. The summed E-state index contributed by atoms with van der Waals surface area (Å²) in [5, 5.41) is 5.02. The number of aromatic nitrogens is 2. The highest BCUT2D eigenvalue weighted by Crippen LogP contribution is 2.35. The normalized spacial score (nSPS) is 20.3. The van der Waals surface area contributed by atoms with Crippen LogP contribution in [-0.4, -0.2) is 55.4 Å². The Kier molecular flexibility index (Phi) is 5.73. The van der Waals surface area contributed by atoms with Crippen LogP contribution in [0.15, 0.2) is 53.0 Å². The molecule has 5 heterocycles. The summed E-state index contributed by atoms with van der Waals surface area (Å²) in [4.78, 5) is 59.2. The zero-order valence-electron chi connectivity index (χ0n) is 19.1. The van der Waals surface area contributed by atoms with Crippen LogP contribution in [0.5, 0.6) is 0 Å². The molecule has 0 saturated carbocycles. The van der Waals surface area contributed by atoms with Crippen molar-refractivity contribution in [1.82, 2.24) is 24.5 Å². The second-order valence-corrected chi connectivity index (χ2v) is 10.7. The van der Waals surface area contributed by atoms with Crippen molar-refractivity contribution in [3.8, 4) is 21.8 Å². The van der Waals surface area contributed by atoms with Crippen molar-refractivity contribution in [2.24, 2.45) is 0 Å². The maximum Gasteiger partial charge on any atom is 0.278 e. The van der Waals surface area contributed by atoms with Crippen LogP contribution in [-0.2, 0) is 25.7 Å². The van der Waals surface area contributed by atoms with Gasteiger partial charge >= 0.3 is 0 Å². The first-order chi connectivity index (χ1) is 17.5. The molecule has 0 radical (unpaired) electrons. The minimum atomic E-state index is -0.959. The van der Waals surface area contributed by atoms with Gasteiger partial charge in [-0.3, -0.25) is 29.4 Å². The molecule has 1 unspecified atom stereocenters. The van der Waals surface area contributed by atoms with Crippen molar-refractivity contribution in [2.75, 3.05) is 6.54 Å². The molecule has 1 fully saturated rings. The molecule has 11 heteroatoms. The molecule has 1 N–H and O–H groups in total. The van der Waals surface area contributed by atoms with E-state index in [1.807, 2.05) is 28.5 Å². The van der Waals surface area contributed by atoms with E-state index >= 15 is 0 Å². The number of rotatable bonds is 5. The molecule has 3 aliphatic heterocycles. The molecule has 182 valence electrons. The monoisotopic (exact) mass is 519 g/mol. The predicted molar refractivity (Wildman–Crippen MR) is 133 cm³/mol. The summed E-state index contributed by atoms with van der Waals surface area (Å²) in [5.74, 6) is -1.27. The number of carbonyl (C=O) groups is 4. The van der Waals surface area contributed by atoms with Crippen LogP contribution >= 0.6 is 22.9 Å². The second-order valence-electron chi connectivity index (χ2n) is 8.87. The van der Waals surface area contributed by atoms with E-state index in [2.05, 4.69) is 27.9 Å². The van der Waals surface area contributed by atoms with Gasteiger partial charge in [0, 0.05) is 29.0 Å². The molecule has 0 spiro atoms. The van der Waals surface area contributed by atoms with Crippen LogP contribution in [0.1, 0.15) is 30.7 Å². The highest BCUT2D eigenvalue weighted by atomic mass is 32.1. The van der Waals surface area contributed by atoms with Gasteiger partial charge in [-0.05, 0) is 53.9 Å². The third-order valence-electron chi connectivity index (χ3n) is 6.60. The Hall–Kier alpha value is -3.70. The van der Waals surface area contributed by atoms with Gasteiger partial charge in [-0.2, -0.15) is 4.37 Å². The van der Waals surface area contributed by atoms with Crippen molar-refractivity contribution in [2.45, 2.75) is 38.3 Å². The van der Waals surface area contributed by atoms with Crippen LogP contribution in [0.25, 0.3) is 21.8 Å². The Labute approximate surface area is 214 Å². The Morgan fingerprint density at radius 1 is 1.03 bits per heavy atom. The van der Waals surface area contributed by atoms with Gasteiger partial charge in [-0.15, -0.1) is 11.3 Å². The zero-order valence-corrected chi connectivity index (χ0v) is 20.7.